The van der Waals surface area contributed by atoms with Crippen molar-refractivity contribution in [2.24, 2.45) is 0 Å². The first-order valence-corrected chi connectivity index (χ1v) is 14.2. The van der Waals surface area contributed by atoms with E-state index in [4.69, 9.17) is 9.72 Å². The van der Waals surface area contributed by atoms with Crippen molar-refractivity contribution in [2.45, 2.75) is 50.8 Å². The maximum atomic E-state index is 12.9. The predicted molar refractivity (Wildman–Crippen MR) is 136 cm³/mol. The fraction of sp³-hybridized carbons (Fsp3) is 0.440. The molecular weight excluding hydrogens is 470 g/mol. The van der Waals surface area contributed by atoms with E-state index in [9.17, 15) is 13.2 Å². The summed E-state index contributed by atoms with van der Waals surface area (Å²) < 4.78 is 33.9. The zero-order valence-corrected chi connectivity index (χ0v) is 21.3. The van der Waals surface area contributed by atoms with E-state index >= 15 is 0 Å². The first kappa shape index (κ1) is 24.6. The van der Waals surface area contributed by atoms with Crippen LogP contribution in [0.15, 0.2) is 47.4 Å². The molecule has 182 valence electrons. The highest BCUT2D eigenvalue weighted by molar-refractivity contribution is 7.89. The van der Waals surface area contributed by atoms with Gasteiger partial charge in [0.1, 0.15) is 5.75 Å². The van der Waals surface area contributed by atoms with Gasteiger partial charge in [-0.3, -0.25) is 0 Å². The van der Waals surface area contributed by atoms with Crippen molar-refractivity contribution in [1.29, 1.82) is 0 Å². The molecule has 0 spiro atoms. The molecule has 2 heterocycles. The molecule has 9 heteroatoms. The number of rotatable bonds is 9. The highest BCUT2D eigenvalue weighted by Gasteiger charge is 2.23. The summed E-state index contributed by atoms with van der Waals surface area (Å²) in [6.07, 6.45) is 5.13. The molecule has 3 aromatic rings. The maximum Gasteiger partial charge on any atom is 0.343 e. The molecule has 1 saturated heterocycles. The lowest BCUT2D eigenvalue weighted by Crippen LogP contribution is -2.32. The first-order valence-electron chi connectivity index (χ1n) is 11.9. The van der Waals surface area contributed by atoms with Crippen LogP contribution in [0.4, 0.5) is 5.13 Å². The van der Waals surface area contributed by atoms with Crippen molar-refractivity contribution in [1.82, 2.24) is 9.29 Å². The predicted octanol–water partition coefficient (Wildman–Crippen LogP) is 5.32. The van der Waals surface area contributed by atoms with Crippen LogP contribution in [-0.4, -0.2) is 49.9 Å². The largest absolute Gasteiger partial charge is 0.423 e. The number of sulfonamides is 1. The second-order valence-electron chi connectivity index (χ2n) is 8.49. The van der Waals surface area contributed by atoms with E-state index in [1.165, 1.54) is 47.8 Å². The van der Waals surface area contributed by atoms with Gasteiger partial charge in [-0.25, -0.2) is 18.2 Å². The Balaban J connectivity index is 1.47. The zero-order chi connectivity index (χ0) is 24.1. The molecule has 4 rings (SSSR count). The van der Waals surface area contributed by atoms with Gasteiger partial charge in [-0.15, -0.1) is 0 Å². The Morgan fingerprint density at radius 3 is 2.35 bits per heavy atom. The van der Waals surface area contributed by atoms with Crippen LogP contribution in [0.25, 0.3) is 10.2 Å². The molecule has 34 heavy (non-hydrogen) atoms. The molecule has 0 saturated carbocycles. The van der Waals surface area contributed by atoms with E-state index in [1.807, 2.05) is 26.0 Å². The summed E-state index contributed by atoms with van der Waals surface area (Å²) in [5, 5.41) is 1.01. The number of esters is 1. The molecule has 0 N–H and O–H groups in total. The SMILES string of the molecule is CCCN(CCC)S(=O)(=O)c1ccc(C(=O)Oc2ccc3nc(N4CCCCC4)sc3c2)cc1. The fourth-order valence-electron chi connectivity index (χ4n) is 4.11. The number of anilines is 1. The summed E-state index contributed by atoms with van der Waals surface area (Å²) in [4.78, 5) is 19.9. The van der Waals surface area contributed by atoms with Crippen LogP contribution in [0, 0.1) is 0 Å². The quantitative estimate of drug-likeness (QED) is 0.292. The second kappa shape index (κ2) is 10.8. The first-order chi connectivity index (χ1) is 16.4. The third kappa shape index (κ3) is 5.42. The molecule has 2 aromatic carbocycles. The van der Waals surface area contributed by atoms with Gasteiger partial charge in [-0.1, -0.05) is 25.2 Å². The van der Waals surface area contributed by atoms with Gasteiger partial charge in [-0.2, -0.15) is 4.31 Å². The van der Waals surface area contributed by atoms with E-state index < -0.39 is 16.0 Å². The van der Waals surface area contributed by atoms with Crippen molar-refractivity contribution in [3.63, 3.8) is 0 Å². The molecule has 0 amide bonds. The topological polar surface area (TPSA) is 79.8 Å². The molecule has 0 unspecified atom stereocenters. The number of nitrogens with zero attached hydrogens (tertiary/aromatic N) is 3. The number of hydrogen-bond donors (Lipinski definition) is 0. The minimum atomic E-state index is -3.59. The van der Waals surface area contributed by atoms with Gasteiger partial charge < -0.3 is 9.64 Å². The molecule has 0 radical (unpaired) electrons. The molecule has 1 aliphatic heterocycles. The van der Waals surface area contributed by atoms with E-state index in [0.717, 1.165) is 41.3 Å². The van der Waals surface area contributed by atoms with E-state index in [0.29, 0.717) is 24.4 Å². The number of fused-ring (bicyclic) bond motifs is 1. The summed E-state index contributed by atoms with van der Waals surface area (Å²) in [5.74, 6) is -0.0804. The van der Waals surface area contributed by atoms with Crippen LogP contribution in [-0.2, 0) is 10.0 Å². The third-order valence-electron chi connectivity index (χ3n) is 5.86. The van der Waals surface area contributed by atoms with Crippen molar-refractivity contribution in [3.05, 3.63) is 48.0 Å². The summed E-state index contributed by atoms with van der Waals surface area (Å²) in [7, 11) is -3.59. The monoisotopic (exact) mass is 501 g/mol. The van der Waals surface area contributed by atoms with Crippen molar-refractivity contribution in [2.75, 3.05) is 31.1 Å². The lowest BCUT2D eigenvalue weighted by Gasteiger charge is -2.25. The van der Waals surface area contributed by atoms with E-state index in [2.05, 4.69) is 4.90 Å². The van der Waals surface area contributed by atoms with Gasteiger partial charge in [0.25, 0.3) is 0 Å². The number of benzene rings is 2. The lowest BCUT2D eigenvalue weighted by molar-refractivity contribution is 0.0735. The van der Waals surface area contributed by atoms with Crippen LogP contribution in [0.1, 0.15) is 56.3 Å². The Bertz CT molecular complexity index is 1230. The van der Waals surface area contributed by atoms with Crippen LogP contribution >= 0.6 is 11.3 Å². The summed E-state index contributed by atoms with van der Waals surface area (Å²) in [6, 6.07) is 11.4. The minimum Gasteiger partial charge on any atom is -0.423 e. The molecule has 1 aromatic heterocycles. The number of carbonyl (C=O) groups excluding carboxylic acids is 1. The number of thiazole rings is 1. The number of ether oxygens (including phenoxy) is 1. The summed E-state index contributed by atoms with van der Waals surface area (Å²) in [5.41, 5.74) is 1.19. The van der Waals surface area contributed by atoms with Gasteiger partial charge in [0.05, 0.1) is 20.7 Å². The zero-order valence-electron chi connectivity index (χ0n) is 19.7. The molecule has 0 bridgehead atoms. The fourth-order valence-corrected chi connectivity index (χ4v) is 6.78. The number of hydrogen-bond acceptors (Lipinski definition) is 7. The van der Waals surface area contributed by atoms with Gasteiger partial charge in [-0.05, 0) is 68.5 Å². The summed E-state index contributed by atoms with van der Waals surface area (Å²) in [6.45, 7) is 6.91. The normalized spacial score (nSPS) is 14.6. The number of aromatic nitrogens is 1. The molecule has 1 aliphatic rings. The van der Waals surface area contributed by atoms with Crippen molar-refractivity contribution < 1.29 is 17.9 Å². The Hall–Kier alpha value is -2.49. The number of carbonyl (C=O) groups is 1. The molecule has 1 fully saturated rings. The average Bonchev–Trinajstić information content (AvgIpc) is 3.28. The molecule has 0 atom stereocenters. The van der Waals surface area contributed by atoms with Crippen LogP contribution in [0.5, 0.6) is 5.75 Å². The molecule has 7 nitrogen and oxygen atoms in total. The number of piperidine rings is 1. The molecular formula is C25H31N3O4S2. The Morgan fingerprint density at radius 1 is 1.03 bits per heavy atom. The van der Waals surface area contributed by atoms with Gasteiger partial charge in [0.15, 0.2) is 5.13 Å². The highest BCUT2D eigenvalue weighted by Crippen LogP contribution is 2.33. The van der Waals surface area contributed by atoms with E-state index in [-0.39, 0.29) is 4.90 Å². The van der Waals surface area contributed by atoms with Crippen LogP contribution in [0.2, 0.25) is 0 Å². The Kier molecular flexibility index (Phi) is 7.85. The van der Waals surface area contributed by atoms with Crippen LogP contribution in [0.3, 0.4) is 0 Å². The van der Waals surface area contributed by atoms with Crippen LogP contribution < -0.4 is 9.64 Å². The minimum absolute atomic E-state index is 0.183. The molecule has 0 aliphatic carbocycles. The lowest BCUT2D eigenvalue weighted by atomic mass is 10.1. The van der Waals surface area contributed by atoms with Gasteiger partial charge in [0, 0.05) is 32.2 Å². The highest BCUT2D eigenvalue weighted by atomic mass is 32.2. The van der Waals surface area contributed by atoms with Crippen molar-refractivity contribution in [3.8, 4) is 5.75 Å². The van der Waals surface area contributed by atoms with Gasteiger partial charge >= 0.3 is 5.97 Å². The Labute approximate surface area is 205 Å². The Morgan fingerprint density at radius 2 is 1.71 bits per heavy atom. The smallest absolute Gasteiger partial charge is 0.343 e. The third-order valence-corrected chi connectivity index (χ3v) is 8.85. The second-order valence-corrected chi connectivity index (χ2v) is 11.4. The maximum absolute atomic E-state index is 12.9. The van der Waals surface area contributed by atoms with Crippen molar-refractivity contribution >= 4 is 42.7 Å². The average molecular weight is 502 g/mol. The van der Waals surface area contributed by atoms with E-state index in [1.54, 1.807) is 17.4 Å². The standard InChI is InChI=1S/C25H31N3O4S2/c1-3-14-28(15-4-2)34(30,31)21-11-8-19(9-12-21)24(29)32-20-10-13-22-23(18-20)33-25(26-22)27-16-6-5-7-17-27/h8-13,18H,3-7,14-17H2,1-2H3. The summed E-state index contributed by atoms with van der Waals surface area (Å²) >= 11 is 1.61. The van der Waals surface area contributed by atoms with Gasteiger partial charge in [0.2, 0.25) is 10.0 Å².